The Balaban J connectivity index is 2.54. The molecule has 0 bridgehead atoms. The van der Waals surface area contributed by atoms with E-state index in [1.807, 2.05) is 6.92 Å². The minimum atomic E-state index is -0.495. The summed E-state index contributed by atoms with van der Waals surface area (Å²) in [5.74, 6) is 2.97. The molecule has 0 unspecified atom stereocenters. The molecule has 11 heavy (non-hydrogen) atoms. The van der Waals surface area contributed by atoms with Crippen LogP contribution in [0.3, 0.4) is 0 Å². The summed E-state index contributed by atoms with van der Waals surface area (Å²) in [6.45, 7) is 1.91. The van der Waals surface area contributed by atoms with Gasteiger partial charge in [0.2, 0.25) is 0 Å². The van der Waals surface area contributed by atoms with Gasteiger partial charge in [0, 0.05) is 6.42 Å². The molecule has 0 aliphatic heterocycles. The molecule has 1 aliphatic carbocycles. The summed E-state index contributed by atoms with van der Waals surface area (Å²) < 4.78 is 0. The van der Waals surface area contributed by atoms with E-state index in [2.05, 4.69) is 5.92 Å². The maximum absolute atomic E-state index is 9.87. The summed E-state index contributed by atoms with van der Waals surface area (Å²) in [7, 11) is 0. The summed E-state index contributed by atoms with van der Waals surface area (Å²) in [6.07, 6.45) is 10.3. The molecule has 1 N–H and O–H groups in total. The van der Waals surface area contributed by atoms with Gasteiger partial charge in [-0.25, -0.2) is 0 Å². The number of terminal acetylenes is 1. The van der Waals surface area contributed by atoms with E-state index in [1.54, 1.807) is 0 Å². The first-order valence-electron chi connectivity index (χ1n) is 4.32. The van der Waals surface area contributed by atoms with Crippen LogP contribution < -0.4 is 0 Å². The van der Waals surface area contributed by atoms with Crippen LogP contribution in [0.2, 0.25) is 0 Å². The van der Waals surface area contributed by atoms with Crippen LogP contribution in [0.15, 0.2) is 0 Å². The van der Waals surface area contributed by atoms with E-state index in [1.165, 1.54) is 6.42 Å². The Kier molecular flexibility index (Phi) is 2.57. The molecule has 0 radical (unpaired) electrons. The van der Waals surface area contributed by atoms with Crippen LogP contribution in [0.5, 0.6) is 0 Å². The Morgan fingerprint density at radius 2 is 2.36 bits per heavy atom. The van der Waals surface area contributed by atoms with E-state index in [-0.39, 0.29) is 0 Å². The first-order valence-corrected chi connectivity index (χ1v) is 4.32. The van der Waals surface area contributed by atoms with Crippen molar-refractivity contribution in [2.24, 2.45) is 5.92 Å². The molecule has 1 saturated carbocycles. The van der Waals surface area contributed by atoms with E-state index in [9.17, 15) is 5.11 Å². The maximum atomic E-state index is 9.87. The topological polar surface area (TPSA) is 20.2 Å². The van der Waals surface area contributed by atoms with Gasteiger partial charge < -0.3 is 5.11 Å². The molecule has 0 saturated heterocycles. The molecular weight excluding hydrogens is 136 g/mol. The van der Waals surface area contributed by atoms with Gasteiger partial charge in [0.25, 0.3) is 0 Å². The zero-order chi connectivity index (χ0) is 8.32. The van der Waals surface area contributed by atoms with Gasteiger partial charge in [0.15, 0.2) is 0 Å². The van der Waals surface area contributed by atoms with Crippen LogP contribution in [-0.2, 0) is 0 Å². The van der Waals surface area contributed by atoms with Crippen molar-refractivity contribution >= 4 is 0 Å². The van der Waals surface area contributed by atoms with Crippen molar-refractivity contribution in [3.8, 4) is 12.3 Å². The molecule has 1 nitrogen and oxygen atoms in total. The predicted octanol–water partition coefficient (Wildman–Crippen LogP) is 1.95. The van der Waals surface area contributed by atoms with Gasteiger partial charge in [-0.3, -0.25) is 0 Å². The lowest BCUT2D eigenvalue weighted by Crippen LogP contribution is -2.37. The molecule has 1 rings (SSSR count). The predicted molar refractivity (Wildman–Crippen MR) is 46.0 cm³/mol. The number of rotatable bonds is 1. The summed E-state index contributed by atoms with van der Waals surface area (Å²) in [5, 5.41) is 9.87. The highest BCUT2D eigenvalue weighted by atomic mass is 16.3. The highest BCUT2D eigenvalue weighted by Gasteiger charge is 2.33. The maximum Gasteiger partial charge on any atom is 0.0656 e. The third-order valence-electron chi connectivity index (χ3n) is 2.73. The van der Waals surface area contributed by atoms with Crippen molar-refractivity contribution < 1.29 is 5.11 Å². The SMILES string of the molecule is C#CC[C@@H]1CCCC[C@@]1(C)O. The van der Waals surface area contributed by atoms with Gasteiger partial charge >= 0.3 is 0 Å². The Labute approximate surface area is 68.8 Å². The summed E-state index contributed by atoms with van der Waals surface area (Å²) in [6, 6.07) is 0. The molecule has 1 aliphatic rings. The molecule has 1 fully saturated rings. The normalized spacial score (nSPS) is 38.1. The fourth-order valence-electron chi connectivity index (χ4n) is 1.85. The average molecular weight is 152 g/mol. The van der Waals surface area contributed by atoms with Crippen molar-refractivity contribution in [1.82, 2.24) is 0 Å². The highest BCUT2D eigenvalue weighted by Crippen LogP contribution is 2.35. The van der Waals surface area contributed by atoms with E-state index >= 15 is 0 Å². The molecule has 0 heterocycles. The third kappa shape index (κ3) is 1.97. The lowest BCUT2D eigenvalue weighted by Gasteiger charge is -2.36. The van der Waals surface area contributed by atoms with E-state index < -0.39 is 5.60 Å². The second-order valence-corrected chi connectivity index (χ2v) is 3.71. The Morgan fingerprint density at radius 1 is 1.64 bits per heavy atom. The Morgan fingerprint density at radius 3 is 2.91 bits per heavy atom. The van der Waals surface area contributed by atoms with Gasteiger partial charge in [-0.2, -0.15) is 0 Å². The van der Waals surface area contributed by atoms with Gasteiger partial charge in [0.1, 0.15) is 0 Å². The quantitative estimate of drug-likeness (QED) is 0.569. The number of hydrogen-bond donors (Lipinski definition) is 1. The van der Waals surface area contributed by atoms with Crippen molar-refractivity contribution in [2.75, 3.05) is 0 Å². The zero-order valence-electron chi connectivity index (χ0n) is 7.14. The van der Waals surface area contributed by atoms with E-state index in [4.69, 9.17) is 6.42 Å². The summed E-state index contributed by atoms with van der Waals surface area (Å²) >= 11 is 0. The van der Waals surface area contributed by atoms with Crippen molar-refractivity contribution in [3.05, 3.63) is 0 Å². The Bertz CT molecular complexity index is 164. The molecule has 0 aromatic rings. The van der Waals surface area contributed by atoms with E-state index in [0.29, 0.717) is 5.92 Å². The number of hydrogen-bond acceptors (Lipinski definition) is 1. The monoisotopic (exact) mass is 152 g/mol. The second kappa shape index (κ2) is 3.28. The average Bonchev–Trinajstić information content (AvgIpc) is 1.94. The van der Waals surface area contributed by atoms with Crippen LogP contribution >= 0.6 is 0 Å². The molecule has 62 valence electrons. The van der Waals surface area contributed by atoms with E-state index in [0.717, 1.165) is 25.7 Å². The molecule has 1 heteroatoms. The zero-order valence-corrected chi connectivity index (χ0v) is 7.14. The van der Waals surface area contributed by atoms with Crippen molar-refractivity contribution in [2.45, 2.75) is 44.6 Å². The standard InChI is InChI=1S/C10H16O/c1-3-6-9-7-4-5-8-10(9,2)11/h1,9,11H,4-8H2,2H3/t9-,10-/m1/s1. The van der Waals surface area contributed by atoms with Crippen molar-refractivity contribution in [3.63, 3.8) is 0 Å². The molecule has 0 amide bonds. The Hall–Kier alpha value is -0.480. The first kappa shape index (κ1) is 8.62. The van der Waals surface area contributed by atoms with Crippen LogP contribution in [0.1, 0.15) is 39.0 Å². The number of aliphatic hydroxyl groups is 1. The summed E-state index contributed by atoms with van der Waals surface area (Å²) in [5.41, 5.74) is -0.495. The van der Waals surface area contributed by atoms with Gasteiger partial charge in [-0.05, 0) is 25.7 Å². The minimum absolute atomic E-state index is 0.334. The van der Waals surface area contributed by atoms with Gasteiger partial charge in [0.05, 0.1) is 5.60 Å². The van der Waals surface area contributed by atoms with Gasteiger partial charge in [-0.15, -0.1) is 12.3 Å². The fourth-order valence-corrected chi connectivity index (χ4v) is 1.85. The summed E-state index contributed by atoms with van der Waals surface area (Å²) in [4.78, 5) is 0. The van der Waals surface area contributed by atoms with Crippen LogP contribution in [0, 0.1) is 18.3 Å². The molecule has 0 aromatic carbocycles. The van der Waals surface area contributed by atoms with Crippen molar-refractivity contribution in [1.29, 1.82) is 0 Å². The largest absolute Gasteiger partial charge is 0.390 e. The lowest BCUT2D eigenvalue weighted by atomic mass is 9.75. The lowest BCUT2D eigenvalue weighted by molar-refractivity contribution is -0.0295. The van der Waals surface area contributed by atoms with Crippen LogP contribution in [0.4, 0.5) is 0 Å². The first-order chi connectivity index (χ1) is 5.17. The minimum Gasteiger partial charge on any atom is -0.390 e. The highest BCUT2D eigenvalue weighted by molar-refractivity contribution is 4.95. The smallest absolute Gasteiger partial charge is 0.0656 e. The van der Waals surface area contributed by atoms with Crippen LogP contribution in [-0.4, -0.2) is 10.7 Å². The third-order valence-corrected chi connectivity index (χ3v) is 2.73. The fraction of sp³-hybridized carbons (Fsp3) is 0.800. The molecular formula is C10H16O. The van der Waals surface area contributed by atoms with Gasteiger partial charge in [-0.1, -0.05) is 12.8 Å². The molecule has 0 spiro atoms. The molecule has 2 atom stereocenters. The second-order valence-electron chi connectivity index (χ2n) is 3.71. The van der Waals surface area contributed by atoms with Crippen LogP contribution in [0.25, 0.3) is 0 Å². The molecule has 0 aromatic heterocycles.